The first-order chi connectivity index (χ1) is 16.7. The fourth-order valence-corrected chi connectivity index (χ4v) is 4.26. The maximum atomic E-state index is 13.3. The van der Waals surface area contributed by atoms with E-state index in [0.29, 0.717) is 11.3 Å². The monoisotopic (exact) mass is 450 g/mol. The molecule has 3 heterocycles. The third-order valence-electron chi connectivity index (χ3n) is 6.07. The van der Waals surface area contributed by atoms with Crippen LogP contribution in [0.1, 0.15) is 27.7 Å². The summed E-state index contributed by atoms with van der Waals surface area (Å²) in [6.07, 6.45) is 3.34. The number of rotatable bonds is 6. The number of piperazine rings is 1. The molecule has 6 heteroatoms. The van der Waals surface area contributed by atoms with Gasteiger partial charge in [-0.2, -0.15) is 0 Å². The van der Waals surface area contributed by atoms with Gasteiger partial charge in [-0.3, -0.25) is 9.78 Å². The highest BCUT2D eigenvalue weighted by Gasteiger charge is 2.22. The molecule has 0 bridgehead atoms. The highest BCUT2D eigenvalue weighted by Crippen LogP contribution is 2.25. The summed E-state index contributed by atoms with van der Waals surface area (Å²) in [6, 6.07) is 25.8. The molecule has 5 rings (SSSR count). The van der Waals surface area contributed by atoms with E-state index in [-0.39, 0.29) is 11.8 Å². The third kappa shape index (κ3) is 4.67. The number of methoxy groups -OCH3 is 1. The standard InChI is InChI=1S/C28H26N4O2/c1-34-24-10-5-9-21(16-24)22-15-23(18-29-17-22)28(33)25-11-6-12-27(31-25)32-14-13-30-26(19-32)20-7-3-2-4-8-20/h2-12,15-18,26,30H,13-14,19H2,1H3. The van der Waals surface area contributed by atoms with Crippen molar-refractivity contribution in [3.8, 4) is 16.9 Å². The Hall–Kier alpha value is -4.03. The molecular weight excluding hydrogens is 424 g/mol. The van der Waals surface area contributed by atoms with Crippen molar-refractivity contribution >= 4 is 11.6 Å². The Balaban J connectivity index is 1.38. The van der Waals surface area contributed by atoms with Crippen LogP contribution in [0.5, 0.6) is 5.75 Å². The van der Waals surface area contributed by atoms with Gasteiger partial charge in [-0.1, -0.05) is 48.5 Å². The number of pyridine rings is 2. The van der Waals surface area contributed by atoms with Gasteiger partial charge in [0.15, 0.2) is 0 Å². The topological polar surface area (TPSA) is 67.3 Å². The van der Waals surface area contributed by atoms with Crippen LogP contribution in [-0.2, 0) is 0 Å². The van der Waals surface area contributed by atoms with E-state index in [9.17, 15) is 4.79 Å². The minimum absolute atomic E-state index is 0.145. The fourth-order valence-electron chi connectivity index (χ4n) is 4.26. The Kier molecular flexibility index (Phi) is 6.31. The second kappa shape index (κ2) is 9.85. The number of benzene rings is 2. The molecule has 2 aromatic heterocycles. The Morgan fingerprint density at radius 1 is 0.971 bits per heavy atom. The summed E-state index contributed by atoms with van der Waals surface area (Å²) in [4.78, 5) is 24.6. The molecule has 6 nitrogen and oxygen atoms in total. The molecule has 170 valence electrons. The molecule has 4 aromatic rings. The average molecular weight is 451 g/mol. The number of carbonyl (C=O) groups excluding carboxylic acids is 1. The van der Waals surface area contributed by atoms with Crippen LogP contribution in [0.25, 0.3) is 11.1 Å². The lowest BCUT2D eigenvalue weighted by Gasteiger charge is -2.35. The maximum Gasteiger partial charge on any atom is 0.212 e. The first-order valence-electron chi connectivity index (χ1n) is 11.4. The van der Waals surface area contributed by atoms with Crippen molar-refractivity contribution in [3.63, 3.8) is 0 Å². The first-order valence-corrected chi connectivity index (χ1v) is 11.4. The molecule has 1 fully saturated rings. The minimum Gasteiger partial charge on any atom is -0.497 e. The molecule has 2 aromatic carbocycles. The predicted octanol–water partition coefficient (Wildman–Crippen LogP) is 4.53. The van der Waals surface area contributed by atoms with Crippen molar-refractivity contribution in [1.29, 1.82) is 0 Å². The Labute approximate surface area is 199 Å². The number of aromatic nitrogens is 2. The van der Waals surface area contributed by atoms with Gasteiger partial charge in [-0.15, -0.1) is 0 Å². The van der Waals surface area contributed by atoms with Crippen LogP contribution in [0.15, 0.2) is 91.3 Å². The number of hydrogen-bond donors (Lipinski definition) is 1. The second-order valence-electron chi connectivity index (χ2n) is 8.27. The van der Waals surface area contributed by atoms with Crippen molar-refractivity contribution in [2.75, 3.05) is 31.6 Å². The molecule has 1 atom stereocenters. The summed E-state index contributed by atoms with van der Waals surface area (Å²) in [5, 5.41) is 3.57. The third-order valence-corrected chi connectivity index (χ3v) is 6.07. The van der Waals surface area contributed by atoms with Gasteiger partial charge in [0.25, 0.3) is 0 Å². The molecule has 1 aliphatic heterocycles. The molecular formula is C28H26N4O2. The van der Waals surface area contributed by atoms with Crippen molar-refractivity contribution < 1.29 is 9.53 Å². The van der Waals surface area contributed by atoms with Gasteiger partial charge in [-0.25, -0.2) is 4.98 Å². The van der Waals surface area contributed by atoms with Crippen LogP contribution in [-0.4, -0.2) is 42.5 Å². The van der Waals surface area contributed by atoms with E-state index in [4.69, 9.17) is 9.72 Å². The van der Waals surface area contributed by atoms with Crippen molar-refractivity contribution in [1.82, 2.24) is 15.3 Å². The largest absolute Gasteiger partial charge is 0.497 e. The van der Waals surface area contributed by atoms with E-state index < -0.39 is 0 Å². The summed E-state index contributed by atoms with van der Waals surface area (Å²) in [5.74, 6) is 1.42. The summed E-state index contributed by atoms with van der Waals surface area (Å²) >= 11 is 0. The molecule has 1 aliphatic rings. The number of ether oxygens (including phenoxy) is 1. The zero-order valence-corrected chi connectivity index (χ0v) is 19.0. The summed E-state index contributed by atoms with van der Waals surface area (Å²) < 4.78 is 5.32. The van der Waals surface area contributed by atoms with Gasteiger partial charge >= 0.3 is 0 Å². The van der Waals surface area contributed by atoms with Crippen LogP contribution >= 0.6 is 0 Å². The molecule has 1 N–H and O–H groups in total. The van der Waals surface area contributed by atoms with Crippen LogP contribution in [0.3, 0.4) is 0 Å². The quantitative estimate of drug-likeness (QED) is 0.435. The molecule has 0 radical (unpaired) electrons. The molecule has 0 spiro atoms. The number of nitrogens with one attached hydrogen (secondary N) is 1. The highest BCUT2D eigenvalue weighted by atomic mass is 16.5. The molecule has 34 heavy (non-hydrogen) atoms. The maximum absolute atomic E-state index is 13.3. The lowest BCUT2D eigenvalue weighted by molar-refractivity contribution is 0.103. The number of hydrogen-bond acceptors (Lipinski definition) is 6. The lowest BCUT2D eigenvalue weighted by atomic mass is 10.0. The van der Waals surface area contributed by atoms with E-state index in [1.807, 2.05) is 48.5 Å². The molecule has 0 amide bonds. The van der Waals surface area contributed by atoms with Crippen LogP contribution in [0.4, 0.5) is 5.82 Å². The van der Waals surface area contributed by atoms with Gasteiger partial charge < -0.3 is 15.0 Å². The highest BCUT2D eigenvalue weighted by molar-refractivity contribution is 6.08. The first kappa shape index (κ1) is 21.8. The smallest absolute Gasteiger partial charge is 0.212 e. The summed E-state index contributed by atoms with van der Waals surface area (Å²) in [7, 11) is 1.64. The number of ketones is 1. The van der Waals surface area contributed by atoms with Crippen molar-refractivity contribution in [2.45, 2.75) is 6.04 Å². The van der Waals surface area contributed by atoms with E-state index in [0.717, 1.165) is 42.3 Å². The second-order valence-corrected chi connectivity index (χ2v) is 8.27. The van der Waals surface area contributed by atoms with E-state index in [1.165, 1.54) is 5.56 Å². The Bertz CT molecular complexity index is 1290. The van der Waals surface area contributed by atoms with Gasteiger partial charge in [0.1, 0.15) is 17.3 Å². The zero-order valence-electron chi connectivity index (χ0n) is 19.0. The fraction of sp³-hybridized carbons (Fsp3) is 0.179. The minimum atomic E-state index is -0.145. The number of anilines is 1. The molecule has 0 saturated carbocycles. The molecule has 0 aliphatic carbocycles. The van der Waals surface area contributed by atoms with E-state index >= 15 is 0 Å². The lowest BCUT2D eigenvalue weighted by Crippen LogP contribution is -2.46. The van der Waals surface area contributed by atoms with E-state index in [2.05, 4.69) is 39.5 Å². The van der Waals surface area contributed by atoms with Crippen molar-refractivity contribution in [2.24, 2.45) is 0 Å². The normalized spacial score (nSPS) is 15.7. The van der Waals surface area contributed by atoms with Crippen molar-refractivity contribution in [3.05, 3.63) is 108 Å². The number of nitrogens with zero attached hydrogens (tertiary/aromatic N) is 3. The van der Waals surface area contributed by atoms with Crippen LogP contribution in [0, 0.1) is 0 Å². The number of carbonyl (C=O) groups is 1. The molecule has 1 unspecified atom stereocenters. The average Bonchev–Trinajstić information content (AvgIpc) is 2.93. The zero-order chi connectivity index (χ0) is 23.3. The summed E-state index contributed by atoms with van der Waals surface area (Å²) in [5.41, 5.74) is 3.97. The van der Waals surface area contributed by atoms with Gasteiger partial charge in [0.2, 0.25) is 5.78 Å². The Morgan fingerprint density at radius 2 is 1.82 bits per heavy atom. The van der Waals surface area contributed by atoms with Gasteiger partial charge in [0, 0.05) is 49.2 Å². The van der Waals surface area contributed by atoms with Gasteiger partial charge in [-0.05, 0) is 41.5 Å². The predicted molar refractivity (Wildman–Crippen MR) is 133 cm³/mol. The van der Waals surface area contributed by atoms with Crippen LogP contribution in [0.2, 0.25) is 0 Å². The Morgan fingerprint density at radius 3 is 2.68 bits per heavy atom. The SMILES string of the molecule is COc1cccc(-c2cncc(C(=O)c3cccc(N4CCNC(c5ccccc5)C4)n3)c2)c1. The molecule has 1 saturated heterocycles. The summed E-state index contributed by atoms with van der Waals surface area (Å²) in [6.45, 7) is 2.48. The van der Waals surface area contributed by atoms with E-state index in [1.54, 1.807) is 25.6 Å². The van der Waals surface area contributed by atoms with Crippen LogP contribution < -0.4 is 15.0 Å². The van der Waals surface area contributed by atoms with Gasteiger partial charge in [0.05, 0.1) is 7.11 Å².